The number of amides is 1. The van der Waals surface area contributed by atoms with Gasteiger partial charge in [0.2, 0.25) is 5.91 Å². The van der Waals surface area contributed by atoms with E-state index in [-0.39, 0.29) is 18.1 Å². The number of rotatable bonds is 2. The summed E-state index contributed by atoms with van der Waals surface area (Å²) in [4.78, 5) is 14.2. The first kappa shape index (κ1) is 12.8. The molecule has 2 saturated heterocycles. The molecule has 0 aromatic carbocycles. The van der Waals surface area contributed by atoms with Crippen LogP contribution < -0.4 is 5.32 Å². The first-order chi connectivity index (χ1) is 8.18. The van der Waals surface area contributed by atoms with Gasteiger partial charge in [0.05, 0.1) is 12.1 Å². The molecule has 0 aromatic rings. The van der Waals surface area contributed by atoms with Crippen LogP contribution in [0.25, 0.3) is 0 Å². The first-order valence-corrected chi connectivity index (χ1v) is 6.88. The molecule has 2 aliphatic rings. The van der Waals surface area contributed by atoms with Crippen LogP contribution in [0.3, 0.4) is 0 Å². The maximum Gasteiger partial charge on any atom is 0.239 e. The van der Waals surface area contributed by atoms with Gasteiger partial charge in [-0.1, -0.05) is 6.42 Å². The van der Waals surface area contributed by atoms with Crippen molar-refractivity contribution in [3.63, 3.8) is 0 Å². The van der Waals surface area contributed by atoms with Crippen LogP contribution in [0.4, 0.5) is 0 Å². The Morgan fingerprint density at radius 3 is 2.53 bits per heavy atom. The largest absolute Gasteiger partial charge is 0.393 e. The van der Waals surface area contributed by atoms with Gasteiger partial charge in [0.1, 0.15) is 0 Å². The number of nitrogens with zero attached hydrogens (tertiary/aromatic N) is 1. The SMILES string of the molecule is CC(O)C1CCN(C(=O)C2CCCCN2)CC1. The number of likely N-dealkylation sites (tertiary alicyclic amines) is 1. The van der Waals surface area contributed by atoms with E-state index in [1.54, 1.807) is 0 Å². The fourth-order valence-electron chi connectivity index (χ4n) is 2.89. The molecular formula is C13H24N2O2. The number of carbonyl (C=O) groups is 1. The van der Waals surface area contributed by atoms with Gasteiger partial charge in [-0.15, -0.1) is 0 Å². The standard InChI is InChI=1S/C13H24N2O2/c1-10(16)11-5-8-15(9-6-11)13(17)12-4-2-3-7-14-12/h10-12,14,16H,2-9H2,1H3. The van der Waals surface area contributed by atoms with Crippen LogP contribution in [-0.4, -0.2) is 47.7 Å². The minimum absolute atomic E-state index is 0.0480. The Balaban J connectivity index is 1.81. The summed E-state index contributed by atoms with van der Waals surface area (Å²) < 4.78 is 0. The van der Waals surface area contributed by atoms with E-state index in [1.165, 1.54) is 6.42 Å². The van der Waals surface area contributed by atoms with Gasteiger partial charge in [-0.3, -0.25) is 4.79 Å². The summed E-state index contributed by atoms with van der Waals surface area (Å²) in [6.07, 6.45) is 4.98. The van der Waals surface area contributed by atoms with Crippen molar-refractivity contribution < 1.29 is 9.90 Å². The van der Waals surface area contributed by atoms with E-state index in [0.29, 0.717) is 5.92 Å². The third kappa shape index (κ3) is 3.19. The van der Waals surface area contributed by atoms with Gasteiger partial charge in [0, 0.05) is 13.1 Å². The van der Waals surface area contributed by atoms with Gasteiger partial charge in [0.25, 0.3) is 0 Å². The third-order valence-corrected chi connectivity index (χ3v) is 4.14. The molecule has 0 saturated carbocycles. The summed E-state index contributed by atoms with van der Waals surface area (Å²) in [6.45, 7) is 4.45. The fraction of sp³-hybridized carbons (Fsp3) is 0.923. The van der Waals surface area contributed by atoms with Crippen LogP contribution in [-0.2, 0) is 4.79 Å². The highest BCUT2D eigenvalue weighted by Gasteiger charge is 2.29. The van der Waals surface area contributed by atoms with Crippen molar-refractivity contribution in [2.24, 2.45) is 5.92 Å². The number of nitrogens with one attached hydrogen (secondary N) is 1. The number of aliphatic hydroxyl groups is 1. The Labute approximate surface area is 103 Å². The predicted octanol–water partition coefficient (Wildman–Crippen LogP) is 0.748. The molecule has 0 aliphatic carbocycles. The van der Waals surface area contributed by atoms with Gasteiger partial charge in [-0.25, -0.2) is 0 Å². The Morgan fingerprint density at radius 1 is 1.29 bits per heavy atom. The van der Waals surface area contributed by atoms with Crippen molar-refractivity contribution in [1.29, 1.82) is 0 Å². The van der Waals surface area contributed by atoms with Crippen LogP contribution >= 0.6 is 0 Å². The molecule has 2 rings (SSSR count). The zero-order valence-corrected chi connectivity index (χ0v) is 10.7. The van der Waals surface area contributed by atoms with Gasteiger partial charge < -0.3 is 15.3 Å². The van der Waals surface area contributed by atoms with E-state index in [0.717, 1.165) is 45.3 Å². The van der Waals surface area contributed by atoms with E-state index in [4.69, 9.17) is 0 Å². The monoisotopic (exact) mass is 240 g/mol. The third-order valence-electron chi connectivity index (χ3n) is 4.14. The molecule has 0 aromatic heterocycles. The van der Waals surface area contributed by atoms with Crippen molar-refractivity contribution >= 4 is 5.91 Å². The lowest BCUT2D eigenvalue weighted by molar-refractivity contribution is -0.136. The average molecular weight is 240 g/mol. The predicted molar refractivity (Wildman–Crippen MR) is 66.6 cm³/mol. The Morgan fingerprint density at radius 2 is 2.00 bits per heavy atom. The Bertz CT molecular complexity index is 254. The highest BCUT2D eigenvalue weighted by atomic mass is 16.3. The summed E-state index contributed by atoms with van der Waals surface area (Å²) >= 11 is 0. The smallest absolute Gasteiger partial charge is 0.239 e. The van der Waals surface area contributed by atoms with E-state index >= 15 is 0 Å². The normalized spacial score (nSPS) is 29.1. The molecule has 2 aliphatic heterocycles. The Hall–Kier alpha value is -0.610. The highest BCUT2D eigenvalue weighted by molar-refractivity contribution is 5.82. The van der Waals surface area contributed by atoms with Gasteiger partial charge in [0.15, 0.2) is 0 Å². The molecule has 17 heavy (non-hydrogen) atoms. The average Bonchev–Trinajstić information content (AvgIpc) is 2.39. The fourth-order valence-corrected chi connectivity index (χ4v) is 2.89. The van der Waals surface area contributed by atoms with Crippen molar-refractivity contribution in [3.05, 3.63) is 0 Å². The van der Waals surface area contributed by atoms with Crippen LogP contribution in [0.15, 0.2) is 0 Å². The lowest BCUT2D eigenvalue weighted by Crippen LogP contribution is -2.51. The second kappa shape index (κ2) is 5.83. The van der Waals surface area contributed by atoms with Crippen molar-refractivity contribution in [3.8, 4) is 0 Å². The summed E-state index contributed by atoms with van der Waals surface area (Å²) in [5.74, 6) is 0.645. The number of carbonyl (C=O) groups excluding carboxylic acids is 1. The molecule has 0 radical (unpaired) electrons. The molecular weight excluding hydrogens is 216 g/mol. The molecule has 4 heteroatoms. The molecule has 0 bridgehead atoms. The van der Waals surface area contributed by atoms with E-state index in [1.807, 2.05) is 11.8 Å². The summed E-state index contributed by atoms with van der Waals surface area (Å²) in [5, 5.41) is 12.8. The first-order valence-electron chi connectivity index (χ1n) is 6.88. The minimum atomic E-state index is -0.236. The zero-order valence-electron chi connectivity index (χ0n) is 10.7. The second-order valence-electron chi connectivity index (χ2n) is 5.41. The molecule has 1 amide bonds. The lowest BCUT2D eigenvalue weighted by atomic mass is 9.91. The lowest BCUT2D eigenvalue weighted by Gasteiger charge is -2.36. The zero-order chi connectivity index (χ0) is 12.3. The quantitative estimate of drug-likeness (QED) is 0.749. The number of hydrogen-bond acceptors (Lipinski definition) is 3. The summed E-state index contributed by atoms with van der Waals surface area (Å²) in [6, 6.07) is 0.0480. The maximum absolute atomic E-state index is 12.2. The van der Waals surface area contributed by atoms with Crippen LogP contribution in [0.1, 0.15) is 39.0 Å². The van der Waals surface area contributed by atoms with Crippen LogP contribution in [0.2, 0.25) is 0 Å². The molecule has 2 heterocycles. The Kier molecular flexibility index (Phi) is 4.40. The number of hydrogen-bond donors (Lipinski definition) is 2. The van der Waals surface area contributed by atoms with Gasteiger partial charge in [-0.2, -0.15) is 0 Å². The van der Waals surface area contributed by atoms with Crippen LogP contribution in [0, 0.1) is 5.92 Å². The molecule has 2 N–H and O–H groups in total. The minimum Gasteiger partial charge on any atom is -0.393 e. The molecule has 0 spiro atoms. The molecule has 2 unspecified atom stereocenters. The number of piperidine rings is 2. The van der Waals surface area contributed by atoms with Crippen molar-refractivity contribution in [2.75, 3.05) is 19.6 Å². The van der Waals surface area contributed by atoms with Crippen molar-refractivity contribution in [1.82, 2.24) is 10.2 Å². The van der Waals surface area contributed by atoms with Gasteiger partial charge >= 0.3 is 0 Å². The summed E-state index contributed by atoms with van der Waals surface area (Å²) in [5.41, 5.74) is 0. The van der Waals surface area contributed by atoms with Gasteiger partial charge in [-0.05, 0) is 45.1 Å². The van der Waals surface area contributed by atoms with E-state index < -0.39 is 0 Å². The second-order valence-corrected chi connectivity index (χ2v) is 5.41. The topological polar surface area (TPSA) is 52.6 Å². The molecule has 4 nitrogen and oxygen atoms in total. The maximum atomic E-state index is 12.2. The summed E-state index contributed by atoms with van der Waals surface area (Å²) in [7, 11) is 0. The van der Waals surface area contributed by atoms with Crippen LogP contribution in [0.5, 0.6) is 0 Å². The molecule has 98 valence electrons. The molecule has 2 atom stereocenters. The van der Waals surface area contributed by atoms with E-state index in [2.05, 4.69) is 5.32 Å². The highest BCUT2D eigenvalue weighted by Crippen LogP contribution is 2.21. The molecule has 2 fully saturated rings. The number of aliphatic hydroxyl groups excluding tert-OH is 1. The van der Waals surface area contributed by atoms with Crippen molar-refractivity contribution in [2.45, 2.75) is 51.2 Å². The van der Waals surface area contributed by atoms with E-state index in [9.17, 15) is 9.90 Å².